The van der Waals surface area contributed by atoms with Gasteiger partial charge in [-0.05, 0) is 40.6 Å². The summed E-state index contributed by atoms with van der Waals surface area (Å²) in [4.78, 5) is 11.2. The van der Waals surface area contributed by atoms with Gasteiger partial charge < -0.3 is 0 Å². The Kier molecular flexibility index (Phi) is 4.01. The van der Waals surface area contributed by atoms with Crippen molar-refractivity contribution in [3.8, 4) is 0 Å². The quantitative estimate of drug-likeness (QED) is 0.759. The summed E-state index contributed by atoms with van der Waals surface area (Å²) in [5, 5.41) is 0. The van der Waals surface area contributed by atoms with E-state index in [0.29, 0.717) is 10.0 Å². The van der Waals surface area contributed by atoms with Crippen LogP contribution < -0.4 is 0 Å². The molecule has 0 fully saturated rings. The zero-order valence-electron chi connectivity index (χ0n) is 7.76. The van der Waals surface area contributed by atoms with Gasteiger partial charge >= 0.3 is 0 Å². The van der Waals surface area contributed by atoms with E-state index in [1.54, 1.807) is 25.1 Å². The van der Waals surface area contributed by atoms with Crippen LogP contribution in [0.15, 0.2) is 34.8 Å². The number of carbonyl (C=O) groups is 1. The van der Waals surface area contributed by atoms with Gasteiger partial charge in [0.25, 0.3) is 0 Å². The molecule has 0 spiro atoms. The van der Waals surface area contributed by atoms with Crippen molar-refractivity contribution in [2.75, 3.05) is 0 Å². The lowest BCUT2D eigenvalue weighted by molar-refractivity contribution is -0.114. The van der Waals surface area contributed by atoms with E-state index in [4.69, 9.17) is 0 Å². The van der Waals surface area contributed by atoms with Crippen LogP contribution in [0.5, 0.6) is 0 Å². The van der Waals surface area contributed by atoms with E-state index in [0.717, 1.165) is 0 Å². The Morgan fingerprint density at radius 3 is 2.93 bits per heavy atom. The Bertz CT molecular complexity index is 372. The topological polar surface area (TPSA) is 17.1 Å². The molecular formula is C11H10BrFO. The number of hydrogen-bond acceptors (Lipinski definition) is 1. The molecule has 0 aromatic heterocycles. The first-order valence-corrected chi connectivity index (χ1v) is 5.03. The number of halogens is 2. The molecule has 1 rings (SSSR count). The lowest BCUT2D eigenvalue weighted by atomic mass is 10.1. The van der Waals surface area contributed by atoms with E-state index in [1.165, 1.54) is 12.1 Å². The molecule has 0 heterocycles. The van der Waals surface area contributed by atoms with E-state index >= 15 is 0 Å². The molecule has 0 N–H and O–H groups in total. The van der Waals surface area contributed by atoms with Crippen LogP contribution in [0.4, 0.5) is 4.39 Å². The molecule has 0 aliphatic carbocycles. The van der Waals surface area contributed by atoms with E-state index in [-0.39, 0.29) is 18.0 Å². The van der Waals surface area contributed by atoms with Gasteiger partial charge in [-0.1, -0.05) is 18.2 Å². The van der Waals surface area contributed by atoms with Crippen molar-refractivity contribution >= 4 is 21.7 Å². The molecule has 0 unspecified atom stereocenters. The predicted molar refractivity (Wildman–Crippen MR) is 57.6 cm³/mol. The van der Waals surface area contributed by atoms with Gasteiger partial charge in [0.1, 0.15) is 5.82 Å². The standard InChI is InChI=1S/C11H10BrFO/c1-2-4-9(14)7-8-5-3-6-10(13)11(8)12/h2-6H,7H2,1H3/b4-2+. The van der Waals surface area contributed by atoms with Gasteiger partial charge in [-0.25, -0.2) is 4.39 Å². The van der Waals surface area contributed by atoms with Crippen molar-refractivity contribution in [2.24, 2.45) is 0 Å². The minimum absolute atomic E-state index is 0.0289. The fraction of sp³-hybridized carbons (Fsp3) is 0.182. The number of allylic oxidation sites excluding steroid dienone is 2. The van der Waals surface area contributed by atoms with Gasteiger partial charge in [-0.2, -0.15) is 0 Å². The van der Waals surface area contributed by atoms with Crippen LogP contribution in [-0.4, -0.2) is 5.78 Å². The molecule has 3 heteroatoms. The molecule has 1 aromatic rings. The van der Waals surface area contributed by atoms with Crippen molar-refractivity contribution in [1.29, 1.82) is 0 Å². The number of benzene rings is 1. The number of rotatable bonds is 3. The average molecular weight is 257 g/mol. The maximum absolute atomic E-state index is 13.0. The highest BCUT2D eigenvalue weighted by Gasteiger charge is 2.07. The summed E-state index contributed by atoms with van der Waals surface area (Å²) in [6, 6.07) is 4.68. The molecule has 1 aromatic carbocycles. The number of hydrogen-bond donors (Lipinski definition) is 0. The number of ketones is 1. The van der Waals surface area contributed by atoms with Crippen molar-refractivity contribution < 1.29 is 9.18 Å². The van der Waals surface area contributed by atoms with Crippen molar-refractivity contribution in [3.05, 3.63) is 46.2 Å². The van der Waals surface area contributed by atoms with Crippen molar-refractivity contribution in [3.63, 3.8) is 0 Å². The first-order chi connectivity index (χ1) is 6.65. The van der Waals surface area contributed by atoms with Gasteiger partial charge in [-0.15, -0.1) is 0 Å². The molecule has 0 bridgehead atoms. The maximum Gasteiger partial charge on any atom is 0.159 e. The Morgan fingerprint density at radius 2 is 2.29 bits per heavy atom. The monoisotopic (exact) mass is 256 g/mol. The second-order valence-electron chi connectivity index (χ2n) is 2.86. The molecule has 74 valence electrons. The smallest absolute Gasteiger partial charge is 0.159 e. The molecular weight excluding hydrogens is 247 g/mol. The van der Waals surface area contributed by atoms with Crippen molar-refractivity contribution in [1.82, 2.24) is 0 Å². The second-order valence-corrected chi connectivity index (χ2v) is 3.65. The predicted octanol–water partition coefficient (Wildman–Crippen LogP) is 3.28. The Morgan fingerprint density at radius 1 is 1.57 bits per heavy atom. The SMILES string of the molecule is C/C=C/C(=O)Cc1cccc(F)c1Br. The molecule has 0 saturated heterocycles. The zero-order chi connectivity index (χ0) is 10.6. The van der Waals surface area contributed by atoms with Crippen LogP contribution in [0.1, 0.15) is 12.5 Å². The summed E-state index contributed by atoms with van der Waals surface area (Å²) in [5.74, 6) is -0.366. The molecule has 0 aliphatic heterocycles. The Labute approximate surface area is 90.8 Å². The summed E-state index contributed by atoms with van der Waals surface area (Å²) in [5.41, 5.74) is 0.674. The number of carbonyl (C=O) groups excluding carboxylic acids is 1. The molecule has 0 atom stereocenters. The first-order valence-electron chi connectivity index (χ1n) is 4.23. The van der Waals surface area contributed by atoms with E-state index < -0.39 is 0 Å². The fourth-order valence-electron chi connectivity index (χ4n) is 1.12. The van der Waals surface area contributed by atoms with E-state index in [2.05, 4.69) is 15.9 Å². The Balaban J connectivity index is 2.87. The third-order valence-corrected chi connectivity index (χ3v) is 2.64. The van der Waals surface area contributed by atoms with E-state index in [9.17, 15) is 9.18 Å². The summed E-state index contributed by atoms with van der Waals surface area (Å²) in [7, 11) is 0. The fourth-order valence-corrected chi connectivity index (χ4v) is 1.52. The largest absolute Gasteiger partial charge is 0.294 e. The van der Waals surface area contributed by atoms with Gasteiger partial charge in [0.05, 0.1) is 4.47 Å². The third kappa shape index (κ3) is 2.77. The van der Waals surface area contributed by atoms with Crippen LogP contribution in [0.3, 0.4) is 0 Å². The van der Waals surface area contributed by atoms with Gasteiger partial charge in [0, 0.05) is 6.42 Å². The highest BCUT2D eigenvalue weighted by Crippen LogP contribution is 2.20. The lowest BCUT2D eigenvalue weighted by Crippen LogP contribution is -2.00. The second kappa shape index (κ2) is 5.05. The van der Waals surface area contributed by atoms with Crippen LogP contribution in [-0.2, 0) is 11.2 Å². The zero-order valence-corrected chi connectivity index (χ0v) is 9.34. The average Bonchev–Trinajstić information content (AvgIpc) is 2.13. The van der Waals surface area contributed by atoms with Crippen LogP contribution in [0.2, 0.25) is 0 Å². The van der Waals surface area contributed by atoms with Gasteiger partial charge in [0.2, 0.25) is 0 Å². The molecule has 0 aliphatic rings. The highest BCUT2D eigenvalue weighted by molar-refractivity contribution is 9.10. The molecule has 14 heavy (non-hydrogen) atoms. The van der Waals surface area contributed by atoms with Gasteiger partial charge in [0.15, 0.2) is 5.78 Å². The molecule has 1 nitrogen and oxygen atoms in total. The summed E-state index contributed by atoms with van der Waals surface area (Å²) < 4.78 is 13.4. The first kappa shape index (κ1) is 11.1. The maximum atomic E-state index is 13.0. The molecule has 0 saturated carbocycles. The normalized spacial score (nSPS) is 10.8. The third-order valence-electron chi connectivity index (χ3n) is 1.75. The van der Waals surface area contributed by atoms with Gasteiger partial charge in [-0.3, -0.25) is 4.79 Å². The van der Waals surface area contributed by atoms with Crippen LogP contribution in [0.25, 0.3) is 0 Å². The minimum atomic E-state index is -0.337. The summed E-state index contributed by atoms with van der Waals surface area (Å²) in [6.07, 6.45) is 3.38. The highest BCUT2D eigenvalue weighted by atomic mass is 79.9. The van der Waals surface area contributed by atoms with Crippen LogP contribution >= 0.6 is 15.9 Å². The summed E-state index contributed by atoms with van der Waals surface area (Å²) >= 11 is 3.11. The minimum Gasteiger partial charge on any atom is -0.294 e. The van der Waals surface area contributed by atoms with E-state index in [1.807, 2.05) is 0 Å². The molecule has 0 amide bonds. The summed E-state index contributed by atoms with van der Waals surface area (Å²) in [6.45, 7) is 1.78. The lowest BCUT2D eigenvalue weighted by Gasteiger charge is -2.02. The molecule has 0 radical (unpaired) electrons. The van der Waals surface area contributed by atoms with Crippen LogP contribution in [0, 0.1) is 5.82 Å². The Hall–Kier alpha value is -0.960. The van der Waals surface area contributed by atoms with Crippen molar-refractivity contribution in [2.45, 2.75) is 13.3 Å².